The number of ether oxygens (including phenoxy) is 2. The zero-order valence-corrected chi connectivity index (χ0v) is 8.29. The Hall–Kier alpha value is -0.410. The third kappa shape index (κ3) is 5.27. The van der Waals surface area contributed by atoms with E-state index in [9.17, 15) is 4.79 Å². The predicted octanol–water partition coefficient (Wildman–Crippen LogP) is 1.26. The van der Waals surface area contributed by atoms with Crippen LogP contribution in [-0.4, -0.2) is 32.2 Å². The van der Waals surface area contributed by atoms with Gasteiger partial charge in [0.15, 0.2) is 5.78 Å². The summed E-state index contributed by atoms with van der Waals surface area (Å²) >= 11 is 0. The summed E-state index contributed by atoms with van der Waals surface area (Å²) in [6.07, 6.45) is 0.130. The van der Waals surface area contributed by atoms with Gasteiger partial charge in [0.25, 0.3) is 0 Å². The molecular formula is C9H18O3. The van der Waals surface area contributed by atoms with Crippen LogP contribution in [0.4, 0.5) is 0 Å². The molecule has 0 fully saturated rings. The molecule has 0 saturated heterocycles. The SMILES string of the molecule is COCC(=O)COC(C)C(C)C. The van der Waals surface area contributed by atoms with Crippen molar-refractivity contribution < 1.29 is 14.3 Å². The molecule has 0 aromatic rings. The highest BCUT2D eigenvalue weighted by Gasteiger charge is 2.09. The smallest absolute Gasteiger partial charge is 0.183 e. The van der Waals surface area contributed by atoms with Crippen LogP contribution in [0.25, 0.3) is 0 Å². The van der Waals surface area contributed by atoms with Crippen molar-refractivity contribution in [1.82, 2.24) is 0 Å². The maximum absolute atomic E-state index is 10.9. The minimum absolute atomic E-state index is 0.00926. The summed E-state index contributed by atoms with van der Waals surface area (Å²) in [4.78, 5) is 10.9. The average Bonchev–Trinajstić information content (AvgIpc) is 2.00. The van der Waals surface area contributed by atoms with Crippen LogP contribution < -0.4 is 0 Å². The van der Waals surface area contributed by atoms with E-state index in [1.165, 1.54) is 7.11 Å². The van der Waals surface area contributed by atoms with E-state index < -0.39 is 0 Å². The van der Waals surface area contributed by atoms with Crippen LogP contribution in [0, 0.1) is 5.92 Å². The lowest BCUT2D eigenvalue weighted by Gasteiger charge is -2.15. The fourth-order valence-corrected chi connectivity index (χ4v) is 0.619. The van der Waals surface area contributed by atoms with Crippen LogP contribution in [0.15, 0.2) is 0 Å². The molecule has 0 bridgehead atoms. The lowest BCUT2D eigenvalue weighted by molar-refractivity contribution is -0.129. The first-order valence-corrected chi connectivity index (χ1v) is 4.20. The van der Waals surface area contributed by atoms with E-state index in [0.29, 0.717) is 5.92 Å². The van der Waals surface area contributed by atoms with Gasteiger partial charge in [-0.05, 0) is 12.8 Å². The van der Waals surface area contributed by atoms with Gasteiger partial charge in [0.2, 0.25) is 0 Å². The summed E-state index contributed by atoms with van der Waals surface area (Å²) in [6, 6.07) is 0. The highest BCUT2D eigenvalue weighted by molar-refractivity contribution is 5.80. The molecule has 3 nitrogen and oxygen atoms in total. The minimum Gasteiger partial charge on any atom is -0.377 e. The minimum atomic E-state index is -0.00926. The summed E-state index contributed by atoms with van der Waals surface area (Å²) in [5.74, 6) is 0.436. The number of methoxy groups -OCH3 is 1. The average molecular weight is 174 g/mol. The normalized spacial score (nSPS) is 13.4. The second kappa shape index (κ2) is 6.14. The van der Waals surface area contributed by atoms with Crippen molar-refractivity contribution in [2.24, 2.45) is 5.92 Å². The van der Waals surface area contributed by atoms with Gasteiger partial charge in [-0.25, -0.2) is 0 Å². The van der Waals surface area contributed by atoms with Crippen molar-refractivity contribution in [3.8, 4) is 0 Å². The second-order valence-electron chi connectivity index (χ2n) is 3.23. The fourth-order valence-electron chi connectivity index (χ4n) is 0.619. The number of carbonyl (C=O) groups is 1. The largest absolute Gasteiger partial charge is 0.377 e. The molecule has 1 unspecified atom stereocenters. The van der Waals surface area contributed by atoms with Crippen LogP contribution in [0.1, 0.15) is 20.8 Å². The standard InChI is InChI=1S/C9H18O3/c1-7(2)8(3)12-6-9(10)5-11-4/h7-8H,5-6H2,1-4H3. The van der Waals surface area contributed by atoms with Gasteiger partial charge < -0.3 is 9.47 Å². The highest BCUT2D eigenvalue weighted by Crippen LogP contribution is 2.04. The van der Waals surface area contributed by atoms with Gasteiger partial charge in [-0.1, -0.05) is 13.8 Å². The predicted molar refractivity (Wildman–Crippen MR) is 47.1 cm³/mol. The lowest BCUT2D eigenvalue weighted by atomic mass is 10.1. The van der Waals surface area contributed by atoms with Gasteiger partial charge in [0.1, 0.15) is 13.2 Å². The van der Waals surface area contributed by atoms with E-state index in [0.717, 1.165) is 0 Å². The van der Waals surface area contributed by atoms with Crippen molar-refractivity contribution in [2.45, 2.75) is 26.9 Å². The Kier molecular flexibility index (Phi) is 5.93. The zero-order valence-electron chi connectivity index (χ0n) is 8.29. The molecule has 0 aliphatic carbocycles. The number of Topliss-reactive ketones (excluding diaryl/α,β-unsaturated/α-hetero) is 1. The lowest BCUT2D eigenvalue weighted by Crippen LogP contribution is -2.22. The number of hydrogen-bond donors (Lipinski definition) is 0. The molecule has 0 saturated carbocycles. The molecular weight excluding hydrogens is 156 g/mol. The molecule has 0 N–H and O–H groups in total. The van der Waals surface area contributed by atoms with E-state index in [1.807, 2.05) is 6.92 Å². The number of carbonyl (C=O) groups excluding carboxylic acids is 1. The maximum Gasteiger partial charge on any atom is 0.183 e. The first kappa shape index (κ1) is 11.6. The van der Waals surface area contributed by atoms with Gasteiger partial charge >= 0.3 is 0 Å². The molecule has 12 heavy (non-hydrogen) atoms. The van der Waals surface area contributed by atoms with Gasteiger partial charge in [-0.2, -0.15) is 0 Å². The zero-order chi connectivity index (χ0) is 9.56. The summed E-state index contributed by atoms with van der Waals surface area (Å²) in [6.45, 7) is 6.39. The molecule has 0 spiro atoms. The summed E-state index contributed by atoms with van der Waals surface area (Å²) in [5, 5.41) is 0. The Morgan fingerprint density at radius 3 is 2.25 bits per heavy atom. The number of ketones is 1. The molecule has 0 aliphatic heterocycles. The molecule has 0 aromatic heterocycles. The Morgan fingerprint density at radius 2 is 1.83 bits per heavy atom. The van der Waals surface area contributed by atoms with Gasteiger partial charge in [0.05, 0.1) is 6.10 Å². The highest BCUT2D eigenvalue weighted by atomic mass is 16.5. The molecule has 0 heterocycles. The fraction of sp³-hybridized carbons (Fsp3) is 0.889. The molecule has 0 rings (SSSR count). The monoisotopic (exact) mass is 174 g/mol. The summed E-state index contributed by atoms with van der Waals surface area (Å²) in [5.41, 5.74) is 0. The Balaban J connectivity index is 3.47. The van der Waals surface area contributed by atoms with Crippen molar-refractivity contribution >= 4 is 5.78 Å². The first-order chi connectivity index (χ1) is 5.57. The van der Waals surface area contributed by atoms with Crippen molar-refractivity contribution in [3.05, 3.63) is 0 Å². The van der Waals surface area contributed by atoms with Crippen molar-refractivity contribution in [3.63, 3.8) is 0 Å². The Morgan fingerprint density at radius 1 is 1.25 bits per heavy atom. The van der Waals surface area contributed by atoms with Crippen LogP contribution in [0.2, 0.25) is 0 Å². The van der Waals surface area contributed by atoms with E-state index >= 15 is 0 Å². The number of rotatable bonds is 6. The van der Waals surface area contributed by atoms with Crippen molar-refractivity contribution in [1.29, 1.82) is 0 Å². The molecule has 3 heteroatoms. The van der Waals surface area contributed by atoms with Crippen LogP contribution >= 0.6 is 0 Å². The molecule has 0 aromatic carbocycles. The molecule has 72 valence electrons. The van der Waals surface area contributed by atoms with Crippen LogP contribution in [-0.2, 0) is 14.3 Å². The molecule has 0 aliphatic rings. The van der Waals surface area contributed by atoms with E-state index in [1.54, 1.807) is 0 Å². The van der Waals surface area contributed by atoms with Gasteiger partial charge in [-0.3, -0.25) is 4.79 Å². The topological polar surface area (TPSA) is 35.5 Å². The van der Waals surface area contributed by atoms with Crippen molar-refractivity contribution in [2.75, 3.05) is 20.3 Å². The second-order valence-corrected chi connectivity index (χ2v) is 3.23. The molecule has 0 amide bonds. The Bertz CT molecular complexity index is 132. The summed E-state index contributed by atoms with van der Waals surface area (Å²) in [7, 11) is 1.50. The quantitative estimate of drug-likeness (QED) is 0.608. The van der Waals surface area contributed by atoms with E-state index in [4.69, 9.17) is 4.74 Å². The summed E-state index contributed by atoms with van der Waals surface area (Å²) < 4.78 is 9.96. The third-order valence-electron chi connectivity index (χ3n) is 1.75. The van der Waals surface area contributed by atoms with E-state index in [2.05, 4.69) is 18.6 Å². The Labute approximate surface area is 74.0 Å². The van der Waals surface area contributed by atoms with Crippen LogP contribution in [0.5, 0.6) is 0 Å². The number of hydrogen-bond acceptors (Lipinski definition) is 3. The third-order valence-corrected chi connectivity index (χ3v) is 1.75. The first-order valence-electron chi connectivity index (χ1n) is 4.20. The maximum atomic E-state index is 10.9. The van der Waals surface area contributed by atoms with Crippen LogP contribution in [0.3, 0.4) is 0 Å². The van der Waals surface area contributed by atoms with Gasteiger partial charge in [0, 0.05) is 7.11 Å². The molecule has 0 radical (unpaired) electrons. The molecule has 1 atom stereocenters. The van der Waals surface area contributed by atoms with E-state index in [-0.39, 0.29) is 25.1 Å². The van der Waals surface area contributed by atoms with Gasteiger partial charge in [-0.15, -0.1) is 0 Å².